The second kappa shape index (κ2) is 12.1. The summed E-state index contributed by atoms with van der Waals surface area (Å²) in [4.78, 5) is 19.5. The van der Waals surface area contributed by atoms with Gasteiger partial charge in [0.05, 0.1) is 0 Å². The van der Waals surface area contributed by atoms with Crippen LogP contribution in [0.15, 0.2) is 54.6 Å². The molecule has 1 aliphatic heterocycles. The van der Waals surface area contributed by atoms with E-state index >= 15 is 0 Å². The maximum atomic E-state index is 13.3. The van der Waals surface area contributed by atoms with Crippen LogP contribution < -0.4 is 9.64 Å². The fourth-order valence-corrected chi connectivity index (χ4v) is 9.05. The third-order valence-electron chi connectivity index (χ3n) is 10.4. The van der Waals surface area contributed by atoms with Gasteiger partial charge < -0.3 is 19.6 Å². The topological polar surface area (TPSA) is 82.0 Å². The number of ether oxygens (including phenoxy) is 1. The van der Waals surface area contributed by atoms with Gasteiger partial charge >= 0.3 is 6.36 Å². The van der Waals surface area contributed by atoms with E-state index in [9.17, 15) is 23.1 Å². The molecule has 5 aliphatic rings. The molecular formula is C35H40F3N5O3. The molecule has 1 aromatic heterocycles. The fourth-order valence-electron chi connectivity index (χ4n) is 9.05. The molecule has 5 fully saturated rings. The SMILES string of the molecule is CN(CC12CC3CC(CC(C3)C1)C2)C(=O)c1ccc(N2CCN(Cc3cc(OC(F)(F)F)cc(-c4cccc(O)c4)c3)CC2)nn1. The smallest absolute Gasteiger partial charge is 0.508 e. The summed E-state index contributed by atoms with van der Waals surface area (Å²) in [7, 11) is 1.90. The van der Waals surface area contributed by atoms with Gasteiger partial charge in [0.2, 0.25) is 0 Å². The molecule has 1 amide bonds. The summed E-state index contributed by atoms with van der Waals surface area (Å²) in [5.74, 6) is 2.87. The van der Waals surface area contributed by atoms with Crippen molar-refractivity contribution < 1.29 is 27.8 Å². The van der Waals surface area contributed by atoms with Crippen LogP contribution in [0, 0.1) is 23.2 Å². The number of carbonyl (C=O) groups is 1. The van der Waals surface area contributed by atoms with Crippen LogP contribution in [0.3, 0.4) is 0 Å². The molecule has 2 aromatic carbocycles. The Morgan fingerprint density at radius 2 is 1.63 bits per heavy atom. The Morgan fingerprint density at radius 3 is 2.24 bits per heavy atom. The monoisotopic (exact) mass is 635 g/mol. The zero-order chi connectivity index (χ0) is 32.1. The zero-order valence-electron chi connectivity index (χ0n) is 26.0. The first kappa shape index (κ1) is 30.8. The number of piperazine rings is 1. The molecule has 8 rings (SSSR count). The minimum atomic E-state index is -4.81. The van der Waals surface area contributed by atoms with Gasteiger partial charge in [-0.25, -0.2) is 0 Å². The summed E-state index contributed by atoms with van der Waals surface area (Å²) < 4.78 is 43.5. The number of phenols is 1. The number of benzene rings is 2. The molecular weight excluding hydrogens is 595 g/mol. The lowest BCUT2D eigenvalue weighted by Gasteiger charge is -2.57. The maximum Gasteiger partial charge on any atom is 0.573 e. The summed E-state index contributed by atoms with van der Waals surface area (Å²) in [6.45, 7) is 3.88. The molecule has 1 saturated heterocycles. The Kier molecular flexibility index (Phi) is 8.07. The van der Waals surface area contributed by atoms with E-state index in [4.69, 9.17) is 0 Å². The van der Waals surface area contributed by atoms with Crippen LogP contribution in [0.5, 0.6) is 11.5 Å². The quantitative estimate of drug-likeness (QED) is 0.309. The van der Waals surface area contributed by atoms with Crippen molar-refractivity contribution in [3.05, 3.63) is 65.9 Å². The molecule has 4 bridgehead atoms. The van der Waals surface area contributed by atoms with Crippen molar-refractivity contribution in [3.8, 4) is 22.6 Å². The Hall–Kier alpha value is -3.86. The van der Waals surface area contributed by atoms with Gasteiger partial charge in [-0.15, -0.1) is 23.4 Å². The number of rotatable bonds is 8. The second-order valence-electron chi connectivity index (χ2n) is 14.1. The maximum absolute atomic E-state index is 13.3. The first-order valence-electron chi connectivity index (χ1n) is 16.2. The number of anilines is 1. The molecule has 11 heteroatoms. The largest absolute Gasteiger partial charge is 0.573 e. The predicted octanol–water partition coefficient (Wildman–Crippen LogP) is 6.36. The van der Waals surface area contributed by atoms with Gasteiger partial charge in [-0.1, -0.05) is 12.1 Å². The summed E-state index contributed by atoms with van der Waals surface area (Å²) in [5.41, 5.74) is 2.43. The number of hydrogen-bond acceptors (Lipinski definition) is 7. The van der Waals surface area contributed by atoms with Crippen molar-refractivity contribution in [3.63, 3.8) is 0 Å². The highest BCUT2D eigenvalue weighted by atomic mass is 19.4. The molecule has 0 unspecified atom stereocenters. The lowest BCUT2D eigenvalue weighted by atomic mass is 9.49. The van der Waals surface area contributed by atoms with E-state index in [1.165, 1.54) is 62.8 Å². The lowest BCUT2D eigenvalue weighted by Crippen LogP contribution is -2.51. The van der Waals surface area contributed by atoms with Crippen molar-refractivity contribution in [1.29, 1.82) is 0 Å². The standard InChI is InChI=1S/C35H40F3N5O3/c1-41(22-34-18-23-11-24(19-34)13-25(12-23)20-34)33(45)31-5-6-32(40-39-31)43-9-7-42(8-10-43)21-26-14-28(27-3-2-4-29(44)16-27)17-30(15-26)46-35(36,37)38/h2-6,14-17,23-25,44H,7-13,18-22H2,1H3. The summed E-state index contributed by atoms with van der Waals surface area (Å²) in [6.07, 6.45) is 3.07. The van der Waals surface area contributed by atoms with E-state index in [2.05, 4.69) is 24.7 Å². The van der Waals surface area contributed by atoms with E-state index in [1.54, 1.807) is 18.2 Å². The Bertz CT molecular complexity index is 1540. The van der Waals surface area contributed by atoms with Crippen molar-refractivity contribution in [2.75, 3.05) is 44.7 Å². The van der Waals surface area contributed by atoms with Crippen molar-refractivity contribution >= 4 is 11.7 Å². The molecule has 46 heavy (non-hydrogen) atoms. The number of halogens is 3. The van der Waals surface area contributed by atoms with Gasteiger partial charge in [-0.3, -0.25) is 9.69 Å². The number of amides is 1. The number of phenolic OH excluding ortho intramolecular Hbond substituents is 1. The lowest BCUT2D eigenvalue weighted by molar-refractivity contribution is -0.274. The highest BCUT2D eigenvalue weighted by Crippen LogP contribution is 2.60. The molecule has 244 valence electrons. The average Bonchev–Trinajstić information content (AvgIpc) is 2.99. The van der Waals surface area contributed by atoms with Crippen LogP contribution in [0.4, 0.5) is 19.0 Å². The number of nitrogens with zero attached hydrogens (tertiary/aromatic N) is 5. The van der Waals surface area contributed by atoms with Crippen molar-refractivity contribution in [2.45, 2.75) is 51.4 Å². The number of aromatic hydroxyl groups is 1. The van der Waals surface area contributed by atoms with E-state index in [1.807, 2.05) is 24.1 Å². The van der Waals surface area contributed by atoms with Gasteiger partial charge in [0.1, 0.15) is 11.5 Å². The Labute approximate surface area is 267 Å². The van der Waals surface area contributed by atoms with Crippen molar-refractivity contribution in [2.24, 2.45) is 23.2 Å². The fraction of sp³-hybridized carbons (Fsp3) is 0.514. The van der Waals surface area contributed by atoms with E-state index < -0.39 is 6.36 Å². The minimum absolute atomic E-state index is 0.0300. The molecule has 0 spiro atoms. The molecule has 0 radical (unpaired) electrons. The number of carbonyl (C=O) groups excluding carboxylic acids is 1. The van der Waals surface area contributed by atoms with Crippen LogP contribution in [0.1, 0.15) is 54.6 Å². The summed E-state index contributed by atoms with van der Waals surface area (Å²) in [6, 6.07) is 14.6. The van der Waals surface area contributed by atoms with Crippen LogP contribution in [0.2, 0.25) is 0 Å². The average molecular weight is 636 g/mol. The van der Waals surface area contributed by atoms with Crippen LogP contribution >= 0.6 is 0 Å². The molecule has 4 saturated carbocycles. The summed E-state index contributed by atoms with van der Waals surface area (Å²) >= 11 is 0. The van der Waals surface area contributed by atoms with Crippen molar-refractivity contribution in [1.82, 2.24) is 20.0 Å². The highest BCUT2D eigenvalue weighted by Gasteiger charge is 2.51. The highest BCUT2D eigenvalue weighted by molar-refractivity contribution is 5.92. The molecule has 8 nitrogen and oxygen atoms in total. The molecule has 2 heterocycles. The molecule has 4 aliphatic carbocycles. The molecule has 3 aromatic rings. The zero-order valence-corrected chi connectivity index (χ0v) is 26.0. The number of alkyl halides is 3. The van der Waals surface area contributed by atoms with E-state index in [0.29, 0.717) is 60.9 Å². The third-order valence-corrected chi connectivity index (χ3v) is 10.4. The number of aromatic nitrogens is 2. The first-order chi connectivity index (χ1) is 22.0. The second-order valence-corrected chi connectivity index (χ2v) is 14.1. The predicted molar refractivity (Wildman–Crippen MR) is 167 cm³/mol. The first-order valence-corrected chi connectivity index (χ1v) is 16.2. The van der Waals surface area contributed by atoms with Crippen LogP contribution in [0.25, 0.3) is 11.1 Å². The normalized spacial score (nSPS) is 25.9. The molecule has 0 atom stereocenters. The van der Waals surface area contributed by atoms with Gasteiger partial charge in [0.25, 0.3) is 5.91 Å². The Morgan fingerprint density at radius 1 is 0.935 bits per heavy atom. The summed E-state index contributed by atoms with van der Waals surface area (Å²) in [5, 5.41) is 18.6. The van der Waals surface area contributed by atoms with E-state index in [-0.39, 0.29) is 22.8 Å². The van der Waals surface area contributed by atoms with Crippen LogP contribution in [-0.4, -0.2) is 77.1 Å². The number of hydrogen-bond donors (Lipinski definition) is 1. The van der Waals surface area contributed by atoms with Gasteiger partial charge in [-0.2, -0.15) is 0 Å². The van der Waals surface area contributed by atoms with E-state index in [0.717, 1.165) is 24.3 Å². The van der Waals surface area contributed by atoms with Gasteiger partial charge in [0, 0.05) is 46.3 Å². The van der Waals surface area contributed by atoms with Gasteiger partial charge in [0.15, 0.2) is 11.5 Å². The Balaban J connectivity index is 0.961. The molecule has 1 N–H and O–H groups in total. The van der Waals surface area contributed by atoms with Crippen LogP contribution in [-0.2, 0) is 6.54 Å². The minimum Gasteiger partial charge on any atom is -0.508 e. The third kappa shape index (κ3) is 6.79. The van der Waals surface area contributed by atoms with Gasteiger partial charge in [-0.05, 0) is 121 Å².